The molecule has 3 aromatic rings. The fourth-order valence-electron chi connectivity index (χ4n) is 4.22. The normalized spacial score (nSPS) is 14.5. The number of benzene rings is 2. The van der Waals surface area contributed by atoms with E-state index in [2.05, 4.69) is 9.98 Å². The highest BCUT2D eigenvalue weighted by Gasteiger charge is 2.25. The van der Waals surface area contributed by atoms with Gasteiger partial charge in [-0.1, -0.05) is 12.1 Å². The zero-order valence-electron chi connectivity index (χ0n) is 18.1. The molecular formula is C26H24F2N2O3. The molecule has 0 fully saturated rings. The summed E-state index contributed by atoms with van der Waals surface area (Å²) in [5.41, 5.74) is 4.56. The summed E-state index contributed by atoms with van der Waals surface area (Å²) in [6.07, 6.45) is -0.670. The number of halogens is 2. The molecule has 2 aromatic carbocycles. The molecule has 0 saturated heterocycles. The first-order chi connectivity index (χ1) is 15.9. The van der Waals surface area contributed by atoms with Crippen molar-refractivity contribution >= 4 is 11.5 Å². The molecule has 1 aliphatic rings. The number of rotatable bonds is 8. The lowest BCUT2D eigenvalue weighted by Crippen LogP contribution is -2.20. The van der Waals surface area contributed by atoms with E-state index < -0.39 is 12.0 Å². The molecule has 2 N–H and O–H groups in total. The Morgan fingerprint density at radius 2 is 1.70 bits per heavy atom. The molecule has 7 heteroatoms. The van der Waals surface area contributed by atoms with Crippen LogP contribution in [0, 0.1) is 11.6 Å². The SMILES string of the molecule is C[C@@H](O)[C@@H](CC(=O)Cc1cc2c(c(CO)n1)C(c1ccc(F)cc1)=NC2)c1ccc(F)cc1. The van der Waals surface area contributed by atoms with Crippen molar-refractivity contribution in [1.82, 2.24) is 4.98 Å². The lowest BCUT2D eigenvalue weighted by atomic mass is 9.88. The van der Waals surface area contributed by atoms with Crippen molar-refractivity contribution in [1.29, 1.82) is 0 Å². The third kappa shape index (κ3) is 5.05. The van der Waals surface area contributed by atoms with E-state index in [1.807, 2.05) is 6.07 Å². The molecule has 33 heavy (non-hydrogen) atoms. The van der Waals surface area contributed by atoms with Crippen LogP contribution in [0.3, 0.4) is 0 Å². The summed E-state index contributed by atoms with van der Waals surface area (Å²) >= 11 is 0. The van der Waals surface area contributed by atoms with E-state index in [0.717, 1.165) is 11.1 Å². The van der Waals surface area contributed by atoms with E-state index >= 15 is 0 Å². The largest absolute Gasteiger partial charge is 0.393 e. The van der Waals surface area contributed by atoms with Crippen molar-refractivity contribution in [2.45, 2.75) is 44.9 Å². The van der Waals surface area contributed by atoms with E-state index in [0.29, 0.717) is 34.8 Å². The molecule has 5 nitrogen and oxygen atoms in total. The average molecular weight is 450 g/mol. The molecule has 0 amide bonds. The fourth-order valence-corrected chi connectivity index (χ4v) is 4.22. The Morgan fingerprint density at radius 3 is 2.30 bits per heavy atom. The third-order valence-electron chi connectivity index (χ3n) is 5.85. The maximum absolute atomic E-state index is 13.3. The number of nitrogens with zero attached hydrogens (tertiary/aromatic N) is 2. The van der Waals surface area contributed by atoms with Gasteiger partial charge in [-0.3, -0.25) is 14.8 Å². The lowest BCUT2D eigenvalue weighted by Gasteiger charge is -2.20. The van der Waals surface area contributed by atoms with Gasteiger partial charge in [-0.2, -0.15) is 0 Å². The maximum Gasteiger partial charge on any atom is 0.139 e. The van der Waals surface area contributed by atoms with Crippen LogP contribution in [-0.4, -0.2) is 32.8 Å². The first-order valence-corrected chi connectivity index (χ1v) is 10.7. The van der Waals surface area contributed by atoms with Gasteiger partial charge in [-0.05, 0) is 60.5 Å². The molecule has 1 aromatic heterocycles. The molecule has 1 aliphatic heterocycles. The molecule has 0 spiro atoms. The predicted molar refractivity (Wildman–Crippen MR) is 120 cm³/mol. The van der Waals surface area contributed by atoms with Crippen molar-refractivity contribution < 1.29 is 23.8 Å². The second kappa shape index (κ2) is 9.68. The molecule has 0 aliphatic carbocycles. The zero-order chi connectivity index (χ0) is 23.5. The van der Waals surface area contributed by atoms with E-state index in [1.165, 1.54) is 24.3 Å². The number of aromatic nitrogens is 1. The van der Waals surface area contributed by atoms with E-state index in [4.69, 9.17) is 0 Å². The minimum Gasteiger partial charge on any atom is -0.393 e. The number of aliphatic hydroxyl groups is 2. The van der Waals surface area contributed by atoms with Gasteiger partial charge >= 0.3 is 0 Å². The number of aliphatic hydroxyl groups excluding tert-OH is 2. The fraction of sp³-hybridized carbons (Fsp3) is 0.269. The minimum absolute atomic E-state index is 0.0383. The van der Waals surface area contributed by atoms with Gasteiger partial charge in [0.1, 0.15) is 17.4 Å². The molecule has 2 atom stereocenters. The van der Waals surface area contributed by atoms with Crippen LogP contribution in [0.4, 0.5) is 8.78 Å². The summed E-state index contributed by atoms with van der Waals surface area (Å²) in [4.78, 5) is 21.9. The van der Waals surface area contributed by atoms with Gasteiger partial charge in [-0.25, -0.2) is 8.78 Å². The second-order valence-corrected chi connectivity index (χ2v) is 8.24. The summed E-state index contributed by atoms with van der Waals surface area (Å²) in [5.74, 6) is -1.31. The zero-order valence-corrected chi connectivity index (χ0v) is 18.1. The van der Waals surface area contributed by atoms with Gasteiger partial charge < -0.3 is 10.2 Å². The Hall–Kier alpha value is -3.29. The van der Waals surface area contributed by atoms with Crippen LogP contribution in [0.25, 0.3) is 0 Å². The van der Waals surface area contributed by atoms with Crippen LogP contribution in [0.2, 0.25) is 0 Å². The number of hydrogen-bond donors (Lipinski definition) is 2. The van der Waals surface area contributed by atoms with Crippen LogP contribution in [0.15, 0.2) is 59.6 Å². The quantitative estimate of drug-likeness (QED) is 0.546. The van der Waals surface area contributed by atoms with Crippen LogP contribution >= 0.6 is 0 Å². The van der Waals surface area contributed by atoms with Gasteiger partial charge in [0.25, 0.3) is 0 Å². The number of Topliss-reactive ketones (excluding diaryl/α,β-unsaturated/α-hetero) is 1. The Balaban J connectivity index is 1.54. The monoisotopic (exact) mass is 450 g/mol. The van der Waals surface area contributed by atoms with Gasteiger partial charge in [0.15, 0.2) is 0 Å². The number of aliphatic imine (C=N–C) groups is 1. The summed E-state index contributed by atoms with van der Waals surface area (Å²) in [6, 6.07) is 13.6. The highest BCUT2D eigenvalue weighted by molar-refractivity contribution is 6.15. The summed E-state index contributed by atoms with van der Waals surface area (Å²) < 4.78 is 26.6. The van der Waals surface area contributed by atoms with Crippen molar-refractivity contribution in [3.05, 3.63) is 99.9 Å². The van der Waals surface area contributed by atoms with Gasteiger partial charge in [0.05, 0.1) is 30.7 Å². The van der Waals surface area contributed by atoms with Crippen LogP contribution in [-0.2, 0) is 24.4 Å². The molecule has 0 unspecified atom stereocenters. The number of carbonyl (C=O) groups is 1. The Kier molecular flexibility index (Phi) is 6.72. The smallest absolute Gasteiger partial charge is 0.139 e. The maximum atomic E-state index is 13.3. The molecule has 0 bridgehead atoms. The number of pyridine rings is 1. The van der Waals surface area contributed by atoms with E-state index in [-0.39, 0.29) is 36.9 Å². The Bertz CT molecular complexity index is 1190. The highest BCUT2D eigenvalue weighted by atomic mass is 19.1. The number of fused-ring (bicyclic) bond motifs is 1. The predicted octanol–water partition coefficient (Wildman–Crippen LogP) is 3.87. The van der Waals surface area contributed by atoms with Gasteiger partial charge in [0, 0.05) is 35.6 Å². The molecule has 0 saturated carbocycles. The number of carbonyl (C=O) groups excluding carboxylic acids is 1. The van der Waals surface area contributed by atoms with Crippen LogP contribution < -0.4 is 0 Å². The molecule has 0 radical (unpaired) electrons. The molecule has 4 rings (SSSR count). The van der Waals surface area contributed by atoms with Crippen molar-refractivity contribution in [3.63, 3.8) is 0 Å². The first-order valence-electron chi connectivity index (χ1n) is 10.7. The first kappa shape index (κ1) is 22.9. The lowest BCUT2D eigenvalue weighted by molar-refractivity contribution is -0.119. The van der Waals surface area contributed by atoms with Crippen LogP contribution in [0.5, 0.6) is 0 Å². The Morgan fingerprint density at radius 1 is 1.06 bits per heavy atom. The Labute approximate surface area is 190 Å². The standard InChI is InChI=1S/C26H24F2N2O3/c1-15(32)23(16-2-6-19(27)7-3-16)12-22(33)11-21-10-18-13-29-26(25(18)24(14-31)30-21)17-4-8-20(28)9-5-17/h2-10,15,23,31-32H,11-14H2,1H3/t15-,23-/m1/s1. The molecular weight excluding hydrogens is 426 g/mol. The van der Waals surface area contributed by atoms with Crippen molar-refractivity contribution in [3.8, 4) is 0 Å². The molecule has 2 heterocycles. The van der Waals surface area contributed by atoms with E-state index in [9.17, 15) is 23.8 Å². The average Bonchev–Trinajstić information content (AvgIpc) is 3.22. The van der Waals surface area contributed by atoms with Crippen molar-refractivity contribution in [2.24, 2.45) is 4.99 Å². The summed E-state index contributed by atoms with van der Waals surface area (Å²) in [5, 5.41) is 20.1. The minimum atomic E-state index is -0.785. The van der Waals surface area contributed by atoms with Crippen molar-refractivity contribution in [2.75, 3.05) is 0 Å². The van der Waals surface area contributed by atoms with Gasteiger partial charge in [0.2, 0.25) is 0 Å². The van der Waals surface area contributed by atoms with Crippen LogP contribution in [0.1, 0.15) is 52.9 Å². The second-order valence-electron chi connectivity index (χ2n) is 8.24. The highest BCUT2D eigenvalue weighted by Crippen LogP contribution is 2.28. The third-order valence-corrected chi connectivity index (χ3v) is 5.85. The summed E-state index contributed by atoms with van der Waals surface area (Å²) in [6.45, 7) is 1.66. The number of ketones is 1. The molecule has 170 valence electrons. The van der Waals surface area contributed by atoms with E-state index in [1.54, 1.807) is 31.2 Å². The summed E-state index contributed by atoms with van der Waals surface area (Å²) in [7, 11) is 0. The van der Waals surface area contributed by atoms with Gasteiger partial charge in [-0.15, -0.1) is 0 Å². The number of hydrogen-bond acceptors (Lipinski definition) is 5. The topological polar surface area (TPSA) is 82.8 Å².